The molecule has 4 heterocycles. The van der Waals surface area contributed by atoms with Gasteiger partial charge >= 0.3 is 0 Å². The van der Waals surface area contributed by atoms with E-state index in [0.717, 1.165) is 40.7 Å². The number of likely N-dealkylation sites (tertiary alicyclic amines) is 1. The number of aromatic nitrogens is 6. The molecule has 0 bridgehead atoms. The maximum Gasteiger partial charge on any atom is 0.239 e. The molecule has 2 N–H and O–H groups in total. The van der Waals surface area contributed by atoms with Crippen molar-refractivity contribution >= 4 is 5.91 Å². The molecule has 9 heteroatoms. The monoisotopic (exact) mass is 484 g/mol. The summed E-state index contributed by atoms with van der Waals surface area (Å²) in [6.07, 6.45) is 13.1. The molecular formula is C27H32N8O. The minimum absolute atomic E-state index is 0.0489. The van der Waals surface area contributed by atoms with Crippen LogP contribution in [0.5, 0.6) is 0 Å². The van der Waals surface area contributed by atoms with Crippen LogP contribution >= 0.6 is 0 Å². The number of piperidine rings is 1. The second kappa shape index (κ2) is 10.0. The van der Waals surface area contributed by atoms with Gasteiger partial charge in [0.05, 0.1) is 24.5 Å². The molecule has 1 fully saturated rings. The molecule has 0 aliphatic carbocycles. The van der Waals surface area contributed by atoms with Gasteiger partial charge in [-0.3, -0.25) is 14.2 Å². The lowest BCUT2D eigenvalue weighted by atomic mass is 10.0. The molecule has 9 nitrogen and oxygen atoms in total. The summed E-state index contributed by atoms with van der Waals surface area (Å²) in [6, 6.07) is 7.98. The second-order valence-corrected chi connectivity index (χ2v) is 9.81. The van der Waals surface area contributed by atoms with Gasteiger partial charge < -0.3 is 10.6 Å². The summed E-state index contributed by atoms with van der Waals surface area (Å²) in [6.45, 7) is 5.37. The Balaban J connectivity index is 1.25. The number of hydrogen-bond donors (Lipinski definition) is 1. The summed E-state index contributed by atoms with van der Waals surface area (Å²) in [7, 11) is 1.91. The van der Waals surface area contributed by atoms with Crippen LogP contribution in [0.15, 0.2) is 61.4 Å². The summed E-state index contributed by atoms with van der Waals surface area (Å²) in [5, 5.41) is 8.86. The number of hydrogen-bond acceptors (Lipinski definition) is 6. The summed E-state index contributed by atoms with van der Waals surface area (Å²) in [5.41, 5.74) is 11.1. The number of carbonyl (C=O) groups excluding carboxylic acids is 1. The van der Waals surface area contributed by atoms with E-state index in [4.69, 9.17) is 5.73 Å². The van der Waals surface area contributed by atoms with E-state index >= 15 is 0 Å². The quantitative estimate of drug-likeness (QED) is 0.448. The molecule has 0 saturated carbocycles. The Morgan fingerprint density at radius 3 is 2.25 bits per heavy atom. The van der Waals surface area contributed by atoms with E-state index in [9.17, 15) is 4.79 Å². The molecular weight excluding hydrogens is 452 g/mol. The average Bonchev–Trinajstić information content (AvgIpc) is 3.58. The normalized spacial score (nSPS) is 15.4. The minimum atomic E-state index is -0.432. The van der Waals surface area contributed by atoms with Gasteiger partial charge in [0.2, 0.25) is 5.91 Å². The van der Waals surface area contributed by atoms with Crippen LogP contribution in [0.25, 0.3) is 33.6 Å². The van der Waals surface area contributed by atoms with E-state index in [1.54, 1.807) is 4.68 Å². The molecule has 1 atom stereocenters. The molecule has 1 aliphatic heterocycles. The lowest BCUT2D eigenvalue weighted by Crippen LogP contribution is -2.49. The first-order valence-electron chi connectivity index (χ1n) is 12.4. The Hall–Kier alpha value is -3.85. The van der Waals surface area contributed by atoms with Gasteiger partial charge in [0.1, 0.15) is 0 Å². The van der Waals surface area contributed by atoms with Crippen LogP contribution in [0.4, 0.5) is 0 Å². The Morgan fingerprint density at radius 1 is 0.917 bits per heavy atom. The molecule has 0 spiro atoms. The Kier molecular flexibility index (Phi) is 6.65. The molecule has 0 radical (unpaired) electrons. The third-order valence-electron chi connectivity index (χ3n) is 6.90. The molecule has 4 aromatic rings. The van der Waals surface area contributed by atoms with Crippen LogP contribution in [-0.2, 0) is 11.8 Å². The number of benzene rings is 1. The number of amides is 1. The maximum absolute atomic E-state index is 12.6. The number of aryl methyl sites for hydroxylation is 1. The first-order valence-corrected chi connectivity index (χ1v) is 12.4. The van der Waals surface area contributed by atoms with Crippen molar-refractivity contribution in [1.29, 1.82) is 0 Å². The van der Waals surface area contributed by atoms with E-state index in [1.165, 1.54) is 0 Å². The topological polar surface area (TPSA) is 108 Å². The highest BCUT2D eigenvalue weighted by atomic mass is 16.2. The second-order valence-electron chi connectivity index (χ2n) is 9.81. The average molecular weight is 485 g/mol. The fraction of sp³-hybridized carbons (Fsp3) is 0.370. The Labute approximate surface area is 211 Å². The van der Waals surface area contributed by atoms with Crippen molar-refractivity contribution in [2.45, 2.75) is 38.8 Å². The van der Waals surface area contributed by atoms with Gasteiger partial charge in [-0.05, 0) is 30.4 Å². The lowest BCUT2D eigenvalue weighted by molar-refractivity contribution is -0.134. The molecule has 186 valence electrons. The Bertz CT molecular complexity index is 1330. The first-order chi connectivity index (χ1) is 17.4. The van der Waals surface area contributed by atoms with E-state index < -0.39 is 6.04 Å². The van der Waals surface area contributed by atoms with E-state index in [-0.39, 0.29) is 17.9 Å². The highest BCUT2D eigenvalue weighted by Gasteiger charge is 2.28. The van der Waals surface area contributed by atoms with Crippen LogP contribution in [0.2, 0.25) is 0 Å². The number of rotatable bonds is 6. The predicted molar refractivity (Wildman–Crippen MR) is 139 cm³/mol. The fourth-order valence-electron chi connectivity index (χ4n) is 4.57. The van der Waals surface area contributed by atoms with Crippen molar-refractivity contribution in [2.75, 3.05) is 13.1 Å². The number of nitrogens with two attached hydrogens (primary N) is 1. The third-order valence-corrected chi connectivity index (χ3v) is 6.90. The van der Waals surface area contributed by atoms with E-state index in [1.807, 2.05) is 79.8 Å². The molecule has 3 aromatic heterocycles. The van der Waals surface area contributed by atoms with Gasteiger partial charge in [-0.1, -0.05) is 32.0 Å². The number of carbonyl (C=O) groups is 1. The highest BCUT2D eigenvalue weighted by molar-refractivity contribution is 5.82. The van der Waals surface area contributed by atoms with Crippen molar-refractivity contribution in [3.05, 3.63) is 61.4 Å². The minimum Gasteiger partial charge on any atom is -0.341 e. The molecule has 1 amide bonds. The van der Waals surface area contributed by atoms with Gasteiger partial charge in [-0.2, -0.15) is 10.2 Å². The van der Waals surface area contributed by atoms with Crippen molar-refractivity contribution in [3.63, 3.8) is 0 Å². The standard InChI is InChI=1S/C27H32N8O/c1-18(2)25(28)27(36)34-9-7-24(8-10-34)35-17-23(15-32-35)21-12-29-26(30-13-21)20-6-4-5-19(11-20)22-14-31-33(3)16-22/h4-6,11-18,24-25H,7-10,28H2,1-3H3/t25-/m0/s1. The van der Waals surface area contributed by atoms with Gasteiger partial charge in [0, 0.05) is 67.2 Å². The summed E-state index contributed by atoms with van der Waals surface area (Å²) >= 11 is 0. The predicted octanol–water partition coefficient (Wildman–Crippen LogP) is 3.55. The largest absolute Gasteiger partial charge is 0.341 e. The SMILES string of the molecule is CC(C)[C@H](N)C(=O)N1CCC(n2cc(-c3cnc(-c4cccc(-c5cnn(C)c5)c4)nc3)cn2)CC1. The van der Waals surface area contributed by atoms with Crippen LogP contribution < -0.4 is 5.73 Å². The fourth-order valence-corrected chi connectivity index (χ4v) is 4.57. The number of nitrogens with zero attached hydrogens (tertiary/aromatic N) is 7. The zero-order valence-corrected chi connectivity index (χ0v) is 21.0. The van der Waals surface area contributed by atoms with Crippen molar-refractivity contribution in [2.24, 2.45) is 18.7 Å². The summed E-state index contributed by atoms with van der Waals surface area (Å²) < 4.78 is 3.80. The van der Waals surface area contributed by atoms with E-state index in [2.05, 4.69) is 32.3 Å². The zero-order valence-electron chi connectivity index (χ0n) is 21.0. The molecule has 5 rings (SSSR count). The van der Waals surface area contributed by atoms with Gasteiger partial charge in [-0.25, -0.2) is 9.97 Å². The zero-order chi connectivity index (χ0) is 25.2. The molecule has 36 heavy (non-hydrogen) atoms. The smallest absolute Gasteiger partial charge is 0.239 e. The summed E-state index contributed by atoms with van der Waals surface area (Å²) in [4.78, 5) is 23.7. The van der Waals surface area contributed by atoms with Crippen LogP contribution in [0.3, 0.4) is 0 Å². The van der Waals surface area contributed by atoms with Crippen molar-refractivity contribution in [3.8, 4) is 33.6 Å². The maximum atomic E-state index is 12.6. The molecule has 1 aliphatic rings. The van der Waals surface area contributed by atoms with Gasteiger partial charge in [-0.15, -0.1) is 0 Å². The van der Waals surface area contributed by atoms with Gasteiger partial charge in [0.15, 0.2) is 5.82 Å². The highest BCUT2D eigenvalue weighted by Crippen LogP contribution is 2.27. The third kappa shape index (κ3) is 4.92. The lowest BCUT2D eigenvalue weighted by Gasteiger charge is -2.34. The van der Waals surface area contributed by atoms with Crippen LogP contribution in [0, 0.1) is 5.92 Å². The van der Waals surface area contributed by atoms with Crippen molar-refractivity contribution in [1.82, 2.24) is 34.4 Å². The van der Waals surface area contributed by atoms with Crippen LogP contribution in [0.1, 0.15) is 32.7 Å². The molecule has 1 aromatic carbocycles. The Morgan fingerprint density at radius 2 is 1.58 bits per heavy atom. The van der Waals surface area contributed by atoms with E-state index in [0.29, 0.717) is 18.9 Å². The molecule has 0 unspecified atom stereocenters. The first kappa shape index (κ1) is 23.9. The van der Waals surface area contributed by atoms with Crippen LogP contribution in [-0.4, -0.2) is 59.5 Å². The molecule has 1 saturated heterocycles. The van der Waals surface area contributed by atoms with Crippen molar-refractivity contribution < 1.29 is 4.79 Å². The summed E-state index contributed by atoms with van der Waals surface area (Å²) in [5.74, 6) is 0.865. The van der Waals surface area contributed by atoms with Gasteiger partial charge in [0.25, 0.3) is 0 Å².